The van der Waals surface area contributed by atoms with Crippen LogP contribution in [0.4, 0.5) is 0 Å². The molecule has 0 saturated carbocycles. The van der Waals surface area contributed by atoms with Crippen LogP contribution in [0.25, 0.3) is 0 Å². The Morgan fingerprint density at radius 2 is 1.83 bits per heavy atom. The van der Waals surface area contributed by atoms with E-state index < -0.39 is 0 Å². The average Bonchev–Trinajstić information content (AvgIpc) is 2.42. The van der Waals surface area contributed by atoms with Crippen LogP contribution in [0.15, 0.2) is 24.3 Å². The molecule has 1 unspecified atom stereocenters. The van der Waals surface area contributed by atoms with Crippen molar-refractivity contribution in [2.45, 2.75) is 32.7 Å². The quantitative estimate of drug-likeness (QED) is 0.684. The van der Waals surface area contributed by atoms with Gasteiger partial charge in [0.15, 0.2) is 0 Å². The molecule has 0 radical (unpaired) electrons. The fourth-order valence-electron chi connectivity index (χ4n) is 1.59. The maximum absolute atomic E-state index is 5.61. The predicted molar refractivity (Wildman–Crippen MR) is 75.1 cm³/mol. The van der Waals surface area contributed by atoms with Crippen LogP contribution in [0.3, 0.4) is 0 Å². The molecule has 1 atom stereocenters. The second-order valence-corrected chi connectivity index (χ2v) is 4.39. The first-order chi connectivity index (χ1) is 8.77. The van der Waals surface area contributed by atoms with E-state index in [-0.39, 0.29) is 0 Å². The minimum absolute atomic E-state index is 0.372. The Bertz CT molecular complexity index is 311. The number of hydrogen-bond donors (Lipinski definition) is 1. The van der Waals surface area contributed by atoms with Gasteiger partial charge in [-0.25, -0.2) is 0 Å². The third-order valence-corrected chi connectivity index (χ3v) is 2.95. The number of benzene rings is 1. The molecule has 0 fully saturated rings. The average molecular weight is 251 g/mol. The van der Waals surface area contributed by atoms with Crippen molar-refractivity contribution in [3.05, 3.63) is 29.8 Å². The zero-order valence-corrected chi connectivity index (χ0v) is 11.7. The first-order valence-corrected chi connectivity index (χ1v) is 6.75. The van der Waals surface area contributed by atoms with Crippen molar-refractivity contribution in [2.24, 2.45) is 0 Å². The van der Waals surface area contributed by atoms with Gasteiger partial charge >= 0.3 is 0 Å². The van der Waals surface area contributed by atoms with Crippen molar-refractivity contribution < 1.29 is 9.47 Å². The molecular formula is C15H25NO2. The van der Waals surface area contributed by atoms with Gasteiger partial charge in [-0.15, -0.1) is 0 Å². The summed E-state index contributed by atoms with van der Waals surface area (Å²) < 4.78 is 11.0. The molecule has 0 aliphatic heterocycles. The van der Waals surface area contributed by atoms with Crippen LogP contribution < -0.4 is 10.1 Å². The standard InChI is InChI=1S/C15H25NO2/c1-4-5-10-17-11-12-18-15-8-6-14(7-9-15)13(2)16-3/h6-9,13,16H,4-5,10-12H2,1-3H3. The Morgan fingerprint density at radius 3 is 2.44 bits per heavy atom. The zero-order valence-electron chi connectivity index (χ0n) is 11.7. The summed E-state index contributed by atoms with van der Waals surface area (Å²) in [4.78, 5) is 0. The molecule has 0 aliphatic rings. The van der Waals surface area contributed by atoms with Gasteiger partial charge < -0.3 is 14.8 Å². The van der Waals surface area contributed by atoms with E-state index in [2.05, 4.69) is 31.3 Å². The van der Waals surface area contributed by atoms with Crippen molar-refractivity contribution in [1.29, 1.82) is 0 Å². The molecule has 1 N–H and O–H groups in total. The molecule has 0 amide bonds. The van der Waals surface area contributed by atoms with Crippen LogP contribution in [-0.4, -0.2) is 26.9 Å². The molecule has 18 heavy (non-hydrogen) atoms. The lowest BCUT2D eigenvalue weighted by Crippen LogP contribution is -2.12. The summed E-state index contributed by atoms with van der Waals surface area (Å²) in [5, 5.41) is 3.21. The van der Waals surface area contributed by atoms with Crippen molar-refractivity contribution in [2.75, 3.05) is 26.9 Å². The molecular weight excluding hydrogens is 226 g/mol. The molecule has 3 nitrogen and oxygen atoms in total. The maximum atomic E-state index is 5.61. The van der Waals surface area contributed by atoms with Crippen LogP contribution in [-0.2, 0) is 4.74 Å². The number of hydrogen-bond acceptors (Lipinski definition) is 3. The summed E-state index contributed by atoms with van der Waals surface area (Å²) in [7, 11) is 1.96. The molecule has 1 rings (SSSR count). The summed E-state index contributed by atoms with van der Waals surface area (Å²) in [5.41, 5.74) is 1.27. The van der Waals surface area contributed by atoms with Crippen LogP contribution in [0.5, 0.6) is 5.75 Å². The van der Waals surface area contributed by atoms with E-state index in [0.717, 1.165) is 18.8 Å². The van der Waals surface area contributed by atoms with Crippen molar-refractivity contribution in [3.8, 4) is 5.75 Å². The SMILES string of the molecule is CCCCOCCOc1ccc(C(C)NC)cc1. The lowest BCUT2D eigenvalue weighted by molar-refractivity contribution is 0.0980. The van der Waals surface area contributed by atoms with E-state index >= 15 is 0 Å². The first-order valence-electron chi connectivity index (χ1n) is 6.75. The van der Waals surface area contributed by atoms with Gasteiger partial charge in [0.25, 0.3) is 0 Å². The van der Waals surface area contributed by atoms with Crippen LogP contribution in [0.2, 0.25) is 0 Å². The summed E-state index contributed by atoms with van der Waals surface area (Å²) in [6.07, 6.45) is 2.29. The lowest BCUT2D eigenvalue weighted by Gasteiger charge is -2.11. The Hall–Kier alpha value is -1.06. The Labute approximate surface area is 110 Å². The smallest absolute Gasteiger partial charge is 0.119 e. The molecule has 0 spiro atoms. The van der Waals surface area contributed by atoms with Crippen LogP contribution in [0.1, 0.15) is 38.3 Å². The minimum atomic E-state index is 0.372. The largest absolute Gasteiger partial charge is 0.491 e. The summed E-state index contributed by atoms with van der Waals surface area (Å²) in [6, 6.07) is 8.57. The zero-order chi connectivity index (χ0) is 13.2. The molecule has 0 bridgehead atoms. The van der Waals surface area contributed by atoms with Gasteiger partial charge in [0.1, 0.15) is 12.4 Å². The Kier molecular flexibility index (Phi) is 7.46. The van der Waals surface area contributed by atoms with Crippen molar-refractivity contribution in [1.82, 2.24) is 5.32 Å². The topological polar surface area (TPSA) is 30.5 Å². The van der Waals surface area contributed by atoms with E-state index in [0.29, 0.717) is 19.3 Å². The monoisotopic (exact) mass is 251 g/mol. The lowest BCUT2D eigenvalue weighted by atomic mass is 10.1. The fraction of sp³-hybridized carbons (Fsp3) is 0.600. The number of rotatable bonds is 9. The van der Waals surface area contributed by atoms with Crippen molar-refractivity contribution >= 4 is 0 Å². The van der Waals surface area contributed by atoms with E-state index in [9.17, 15) is 0 Å². The highest BCUT2D eigenvalue weighted by molar-refractivity contribution is 5.28. The first kappa shape index (κ1) is 15.0. The second kappa shape index (κ2) is 8.95. The van der Waals surface area contributed by atoms with Gasteiger partial charge in [0.2, 0.25) is 0 Å². The number of nitrogens with one attached hydrogen (secondary N) is 1. The predicted octanol–water partition coefficient (Wildman–Crippen LogP) is 3.16. The summed E-state index contributed by atoms with van der Waals surface area (Å²) >= 11 is 0. The molecule has 1 aromatic rings. The third-order valence-electron chi connectivity index (χ3n) is 2.95. The molecule has 102 valence electrons. The Morgan fingerprint density at radius 1 is 1.11 bits per heavy atom. The molecule has 3 heteroatoms. The van der Waals surface area contributed by atoms with E-state index in [1.807, 2.05) is 19.2 Å². The maximum Gasteiger partial charge on any atom is 0.119 e. The molecule has 1 aromatic carbocycles. The van der Waals surface area contributed by atoms with Gasteiger partial charge in [-0.1, -0.05) is 25.5 Å². The summed E-state index contributed by atoms with van der Waals surface area (Å²) in [6.45, 7) is 6.41. The highest BCUT2D eigenvalue weighted by Crippen LogP contribution is 2.17. The molecule has 0 heterocycles. The van der Waals surface area contributed by atoms with E-state index in [4.69, 9.17) is 9.47 Å². The molecule has 0 aliphatic carbocycles. The van der Waals surface area contributed by atoms with Gasteiger partial charge in [0, 0.05) is 12.6 Å². The number of unbranched alkanes of at least 4 members (excludes halogenated alkanes) is 1. The highest BCUT2D eigenvalue weighted by Gasteiger charge is 2.01. The highest BCUT2D eigenvalue weighted by atomic mass is 16.5. The minimum Gasteiger partial charge on any atom is -0.491 e. The van der Waals surface area contributed by atoms with Crippen molar-refractivity contribution in [3.63, 3.8) is 0 Å². The van der Waals surface area contributed by atoms with Gasteiger partial charge in [-0.05, 0) is 38.1 Å². The molecule has 0 saturated heterocycles. The van der Waals surface area contributed by atoms with Crippen LogP contribution >= 0.6 is 0 Å². The Balaban J connectivity index is 2.22. The normalized spacial score (nSPS) is 12.4. The van der Waals surface area contributed by atoms with Gasteiger partial charge in [-0.3, -0.25) is 0 Å². The van der Waals surface area contributed by atoms with E-state index in [1.165, 1.54) is 12.0 Å². The second-order valence-electron chi connectivity index (χ2n) is 4.39. The molecule has 0 aromatic heterocycles. The third kappa shape index (κ3) is 5.52. The van der Waals surface area contributed by atoms with Crippen LogP contribution in [0, 0.1) is 0 Å². The van der Waals surface area contributed by atoms with E-state index in [1.54, 1.807) is 0 Å². The number of ether oxygens (including phenoxy) is 2. The fourth-order valence-corrected chi connectivity index (χ4v) is 1.59. The van der Waals surface area contributed by atoms with Gasteiger partial charge in [-0.2, -0.15) is 0 Å². The summed E-state index contributed by atoms with van der Waals surface area (Å²) in [5.74, 6) is 0.904. The van der Waals surface area contributed by atoms with Gasteiger partial charge in [0.05, 0.1) is 6.61 Å².